The zero-order chi connectivity index (χ0) is 19.5. The van der Waals surface area contributed by atoms with Crippen LogP contribution in [0.1, 0.15) is 0 Å². The van der Waals surface area contributed by atoms with Crippen molar-refractivity contribution in [2.24, 2.45) is 0 Å². The predicted molar refractivity (Wildman–Crippen MR) is 117 cm³/mol. The number of benzene rings is 2. The summed E-state index contributed by atoms with van der Waals surface area (Å²) in [5, 5.41) is 2.86. The van der Waals surface area contributed by atoms with E-state index < -0.39 is 0 Å². The zero-order valence-corrected chi connectivity index (χ0v) is 17.8. The second kappa shape index (κ2) is 8.16. The first kappa shape index (κ1) is 18.7. The Bertz CT molecular complexity index is 1140. The van der Waals surface area contributed by atoms with E-state index in [9.17, 15) is 4.79 Å². The van der Waals surface area contributed by atoms with Crippen molar-refractivity contribution >= 4 is 49.1 Å². The highest BCUT2D eigenvalue weighted by atomic mass is 79.9. The fourth-order valence-electron chi connectivity index (χ4n) is 2.78. The van der Waals surface area contributed by atoms with Gasteiger partial charge in [0.1, 0.15) is 5.75 Å². The van der Waals surface area contributed by atoms with E-state index >= 15 is 0 Å². The van der Waals surface area contributed by atoms with Crippen LogP contribution in [-0.4, -0.2) is 21.9 Å². The van der Waals surface area contributed by atoms with Crippen molar-refractivity contribution in [1.82, 2.24) is 9.38 Å². The molecule has 4 rings (SSSR count). The van der Waals surface area contributed by atoms with Crippen molar-refractivity contribution in [3.8, 4) is 17.0 Å². The molecular weight excluding hydrogens is 486 g/mol. The fraction of sp³-hybridized carbons (Fsp3) is 0.0476. The normalized spacial score (nSPS) is 10.8. The molecule has 0 aliphatic rings. The topological polar surface area (TPSA) is 55.6 Å². The highest BCUT2D eigenvalue weighted by molar-refractivity contribution is 9.11. The van der Waals surface area contributed by atoms with E-state index in [1.165, 1.54) is 0 Å². The summed E-state index contributed by atoms with van der Waals surface area (Å²) in [5.74, 6) is 0.440. The SMILES string of the molecule is O=C(COc1ccccc1)Nc1cccc(-c2cn3cc(Br)cc(Br)c3n2)c1. The molecule has 2 aromatic heterocycles. The summed E-state index contributed by atoms with van der Waals surface area (Å²) in [7, 11) is 0. The Labute approximate surface area is 178 Å². The molecule has 0 aliphatic carbocycles. The monoisotopic (exact) mass is 499 g/mol. The number of fused-ring (bicyclic) bond motifs is 1. The summed E-state index contributed by atoms with van der Waals surface area (Å²) in [6.45, 7) is -0.0520. The molecule has 0 unspecified atom stereocenters. The lowest BCUT2D eigenvalue weighted by molar-refractivity contribution is -0.118. The summed E-state index contributed by atoms with van der Waals surface area (Å²) < 4.78 is 9.28. The lowest BCUT2D eigenvalue weighted by Gasteiger charge is -2.08. The first-order chi connectivity index (χ1) is 13.6. The van der Waals surface area contributed by atoms with E-state index in [0.29, 0.717) is 11.4 Å². The summed E-state index contributed by atoms with van der Waals surface area (Å²) in [4.78, 5) is 16.9. The number of rotatable bonds is 5. The van der Waals surface area contributed by atoms with Gasteiger partial charge in [0.2, 0.25) is 0 Å². The Hall–Kier alpha value is -2.64. The van der Waals surface area contributed by atoms with Gasteiger partial charge in [-0.25, -0.2) is 4.98 Å². The van der Waals surface area contributed by atoms with Crippen LogP contribution in [0, 0.1) is 0 Å². The maximum absolute atomic E-state index is 12.2. The lowest BCUT2D eigenvalue weighted by Crippen LogP contribution is -2.20. The van der Waals surface area contributed by atoms with Gasteiger partial charge in [-0.3, -0.25) is 4.79 Å². The first-order valence-electron chi connectivity index (χ1n) is 8.50. The number of pyridine rings is 1. The number of ether oxygens (including phenoxy) is 1. The summed E-state index contributed by atoms with van der Waals surface area (Å²) >= 11 is 7.01. The van der Waals surface area contributed by atoms with Crippen molar-refractivity contribution < 1.29 is 9.53 Å². The number of aromatic nitrogens is 2. The Kier molecular flexibility index (Phi) is 5.45. The minimum atomic E-state index is -0.220. The van der Waals surface area contributed by atoms with E-state index in [1.807, 2.05) is 77.5 Å². The maximum atomic E-state index is 12.2. The van der Waals surface area contributed by atoms with Gasteiger partial charge < -0.3 is 14.5 Å². The van der Waals surface area contributed by atoms with Crippen molar-refractivity contribution in [3.63, 3.8) is 0 Å². The molecule has 7 heteroatoms. The Morgan fingerprint density at radius 2 is 1.86 bits per heavy atom. The van der Waals surface area contributed by atoms with Gasteiger partial charge >= 0.3 is 0 Å². The third-order valence-corrected chi connectivity index (χ3v) is 5.05. The molecule has 0 saturated carbocycles. The molecule has 0 radical (unpaired) electrons. The predicted octanol–water partition coefficient (Wildman–Crippen LogP) is 5.54. The van der Waals surface area contributed by atoms with Crippen LogP contribution in [0.15, 0.2) is 82.0 Å². The molecule has 4 aromatic rings. The van der Waals surface area contributed by atoms with Gasteiger partial charge in [0, 0.05) is 28.1 Å². The average molecular weight is 501 g/mol. The number of carbonyl (C=O) groups is 1. The highest BCUT2D eigenvalue weighted by Crippen LogP contribution is 2.27. The van der Waals surface area contributed by atoms with Gasteiger partial charge in [-0.15, -0.1) is 0 Å². The van der Waals surface area contributed by atoms with Crippen LogP contribution in [-0.2, 0) is 4.79 Å². The van der Waals surface area contributed by atoms with E-state index in [0.717, 1.165) is 25.8 Å². The van der Waals surface area contributed by atoms with Crippen LogP contribution in [0.5, 0.6) is 5.75 Å². The molecule has 0 bridgehead atoms. The fourth-order valence-corrected chi connectivity index (χ4v) is 4.08. The molecule has 0 aliphatic heterocycles. The highest BCUT2D eigenvalue weighted by Gasteiger charge is 2.10. The molecule has 1 N–H and O–H groups in total. The van der Waals surface area contributed by atoms with E-state index in [2.05, 4.69) is 42.2 Å². The van der Waals surface area contributed by atoms with E-state index in [4.69, 9.17) is 4.74 Å². The number of carbonyl (C=O) groups excluding carboxylic acids is 1. The second-order valence-electron chi connectivity index (χ2n) is 6.09. The van der Waals surface area contributed by atoms with Crippen LogP contribution in [0.2, 0.25) is 0 Å². The van der Waals surface area contributed by atoms with Gasteiger partial charge in [-0.05, 0) is 62.2 Å². The number of nitrogens with zero attached hydrogens (tertiary/aromatic N) is 2. The molecule has 0 spiro atoms. The third kappa shape index (κ3) is 4.26. The quantitative estimate of drug-likeness (QED) is 0.391. The number of hydrogen-bond donors (Lipinski definition) is 1. The van der Waals surface area contributed by atoms with Gasteiger partial charge in [-0.1, -0.05) is 30.3 Å². The number of para-hydroxylation sites is 1. The molecule has 5 nitrogen and oxygen atoms in total. The van der Waals surface area contributed by atoms with Gasteiger partial charge in [0.25, 0.3) is 5.91 Å². The minimum absolute atomic E-state index is 0.0520. The van der Waals surface area contributed by atoms with Crippen molar-refractivity contribution in [2.45, 2.75) is 0 Å². The summed E-state index contributed by atoms with van der Waals surface area (Å²) in [6, 6.07) is 18.8. The summed E-state index contributed by atoms with van der Waals surface area (Å²) in [6.07, 6.45) is 3.90. The van der Waals surface area contributed by atoms with E-state index in [-0.39, 0.29) is 12.5 Å². The van der Waals surface area contributed by atoms with Crippen molar-refractivity contribution in [1.29, 1.82) is 0 Å². The van der Waals surface area contributed by atoms with Crippen molar-refractivity contribution in [3.05, 3.63) is 82.0 Å². The van der Waals surface area contributed by atoms with Crippen LogP contribution in [0.4, 0.5) is 5.69 Å². The number of hydrogen-bond acceptors (Lipinski definition) is 3. The molecule has 2 heterocycles. The molecule has 140 valence electrons. The van der Waals surface area contributed by atoms with Gasteiger partial charge in [0.05, 0.1) is 10.2 Å². The average Bonchev–Trinajstić information content (AvgIpc) is 3.12. The molecule has 2 aromatic carbocycles. The summed E-state index contributed by atoms with van der Waals surface area (Å²) in [5.41, 5.74) is 3.24. The molecular formula is C21H15Br2N3O2. The van der Waals surface area contributed by atoms with Crippen LogP contribution in [0.25, 0.3) is 16.9 Å². The molecule has 0 fully saturated rings. The number of halogens is 2. The standard InChI is InChI=1S/C21H15Br2N3O2/c22-15-10-18(23)21-25-19(12-26(21)11-15)14-5-4-6-16(9-14)24-20(27)13-28-17-7-2-1-3-8-17/h1-12H,13H2,(H,24,27). The number of imidazole rings is 1. The Balaban J connectivity index is 1.50. The minimum Gasteiger partial charge on any atom is -0.484 e. The lowest BCUT2D eigenvalue weighted by atomic mass is 10.1. The van der Waals surface area contributed by atoms with Crippen LogP contribution in [0.3, 0.4) is 0 Å². The molecule has 28 heavy (non-hydrogen) atoms. The van der Waals surface area contributed by atoms with Crippen LogP contribution < -0.4 is 10.1 Å². The molecule has 1 amide bonds. The second-order valence-corrected chi connectivity index (χ2v) is 7.86. The molecule has 0 saturated heterocycles. The van der Waals surface area contributed by atoms with E-state index in [1.54, 1.807) is 0 Å². The number of nitrogens with one attached hydrogen (secondary N) is 1. The van der Waals surface area contributed by atoms with Gasteiger partial charge in [-0.2, -0.15) is 0 Å². The largest absolute Gasteiger partial charge is 0.484 e. The first-order valence-corrected chi connectivity index (χ1v) is 10.1. The van der Waals surface area contributed by atoms with Crippen molar-refractivity contribution in [2.75, 3.05) is 11.9 Å². The zero-order valence-electron chi connectivity index (χ0n) is 14.6. The number of anilines is 1. The Morgan fingerprint density at radius 1 is 1.04 bits per heavy atom. The third-order valence-electron chi connectivity index (χ3n) is 4.03. The number of amides is 1. The van der Waals surface area contributed by atoms with Gasteiger partial charge in [0.15, 0.2) is 12.3 Å². The van der Waals surface area contributed by atoms with Crippen LogP contribution >= 0.6 is 31.9 Å². The maximum Gasteiger partial charge on any atom is 0.262 e. The molecule has 0 atom stereocenters. The smallest absolute Gasteiger partial charge is 0.262 e. The Morgan fingerprint density at radius 3 is 2.68 bits per heavy atom.